The number of amides is 1. The summed E-state index contributed by atoms with van der Waals surface area (Å²) in [6.45, 7) is 7.37. The number of likely N-dealkylation sites (tertiary alicyclic amines) is 1. The molecule has 2 aliphatic rings. The van der Waals surface area contributed by atoms with Crippen molar-refractivity contribution in [2.45, 2.75) is 64.8 Å². The van der Waals surface area contributed by atoms with Crippen LogP contribution < -0.4 is 5.32 Å². The van der Waals surface area contributed by atoms with Crippen molar-refractivity contribution in [3.05, 3.63) is 0 Å². The lowest BCUT2D eigenvalue weighted by Crippen LogP contribution is -2.46. The van der Waals surface area contributed by atoms with Crippen molar-refractivity contribution in [3.8, 4) is 0 Å². The van der Waals surface area contributed by atoms with Crippen LogP contribution in [-0.2, 0) is 4.79 Å². The van der Waals surface area contributed by atoms with E-state index in [1.807, 2.05) is 0 Å². The molecule has 0 bridgehead atoms. The Morgan fingerprint density at radius 2 is 1.63 bits per heavy atom. The summed E-state index contributed by atoms with van der Waals surface area (Å²) in [6.07, 6.45) is 8.91. The van der Waals surface area contributed by atoms with Crippen LogP contribution in [0.3, 0.4) is 0 Å². The first kappa shape index (κ1) is 14.8. The normalized spacial score (nSPS) is 30.8. The van der Waals surface area contributed by atoms with E-state index in [0.29, 0.717) is 12.6 Å². The fraction of sp³-hybridized carbons (Fsp3) is 0.938. The molecule has 3 nitrogen and oxygen atoms in total. The van der Waals surface area contributed by atoms with Crippen LogP contribution in [0.25, 0.3) is 0 Å². The molecule has 0 aromatic carbocycles. The van der Waals surface area contributed by atoms with Gasteiger partial charge in [-0.2, -0.15) is 0 Å². The maximum absolute atomic E-state index is 12.2. The van der Waals surface area contributed by atoms with Crippen LogP contribution in [-0.4, -0.2) is 36.5 Å². The predicted molar refractivity (Wildman–Crippen MR) is 79.0 cm³/mol. The molecule has 0 aromatic heterocycles. The van der Waals surface area contributed by atoms with Gasteiger partial charge >= 0.3 is 0 Å². The summed E-state index contributed by atoms with van der Waals surface area (Å²) in [5, 5.41) is 3.26. The third-order valence-corrected chi connectivity index (χ3v) is 4.53. The van der Waals surface area contributed by atoms with Crippen molar-refractivity contribution in [2.75, 3.05) is 19.6 Å². The highest BCUT2D eigenvalue weighted by Crippen LogP contribution is 2.21. The van der Waals surface area contributed by atoms with Crippen LogP contribution in [0.4, 0.5) is 0 Å². The van der Waals surface area contributed by atoms with E-state index in [9.17, 15) is 4.79 Å². The number of nitrogens with zero attached hydrogens (tertiary/aromatic N) is 1. The smallest absolute Gasteiger partial charge is 0.234 e. The maximum atomic E-state index is 12.2. The average molecular weight is 266 g/mol. The van der Waals surface area contributed by atoms with Crippen molar-refractivity contribution in [1.82, 2.24) is 10.2 Å². The highest BCUT2D eigenvalue weighted by molar-refractivity contribution is 5.78. The molecule has 3 heteroatoms. The highest BCUT2D eigenvalue weighted by atomic mass is 16.2. The molecule has 2 rings (SSSR count). The minimum absolute atomic E-state index is 0.244. The summed E-state index contributed by atoms with van der Waals surface area (Å²) in [5.74, 6) is 1.71. The Morgan fingerprint density at radius 3 is 2.21 bits per heavy atom. The van der Waals surface area contributed by atoms with Gasteiger partial charge in [0.05, 0.1) is 6.54 Å². The van der Waals surface area contributed by atoms with E-state index in [2.05, 4.69) is 24.1 Å². The van der Waals surface area contributed by atoms with Gasteiger partial charge in [-0.3, -0.25) is 9.69 Å². The Labute approximate surface area is 118 Å². The van der Waals surface area contributed by atoms with E-state index in [4.69, 9.17) is 0 Å². The number of piperidine rings is 1. The number of nitrogens with one attached hydrogen (secondary N) is 1. The molecule has 1 saturated carbocycles. The van der Waals surface area contributed by atoms with E-state index in [-0.39, 0.29) is 5.91 Å². The van der Waals surface area contributed by atoms with Crippen molar-refractivity contribution in [3.63, 3.8) is 0 Å². The molecule has 2 atom stereocenters. The summed E-state index contributed by atoms with van der Waals surface area (Å²) in [7, 11) is 0. The van der Waals surface area contributed by atoms with Gasteiger partial charge in [-0.25, -0.2) is 0 Å². The van der Waals surface area contributed by atoms with Crippen LogP contribution in [0.5, 0.6) is 0 Å². The largest absolute Gasteiger partial charge is 0.352 e. The molecule has 1 heterocycles. The van der Waals surface area contributed by atoms with Gasteiger partial charge in [0.1, 0.15) is 0 Å². The van der Waals surface area contributed by atoms with Gasteiger partial charge in [-0.15, -0.1) is 0 Å². The van der Waals surface area contributed by atoms with Gasteiger partial charge in [0.15, 0.2) is 0 Å². The first-order valence-corrected chi connectivity index (χ1v) is 8.15. The predicted octanol–water partition coefficient (Wildman–Crippen LogP) is 2.80. The van der Waals surface area contributed by atoms with Crippen molar-refractivity contribution in [2.24, 2.45) is 11.8 Å². The van der Waals surface area contributed by atoms with E-state index in [0.717, 1.165) is 24.9 Å². The molecule has 1 aliphatic carbocycles. The second-order valence-electron chi connectivity index (χ2n) is 6.90. The second kappa shape index (κ2) is 7.28. The highest BCUT2D eigenvalue weighted by Gasteiger charge is 2.24. The van der Waals surface area contributed by atoms with Crippen LogP contribution in [0.15, 0.2) is 0 Å². The molecule has 2 fully saturated rings. The quantitative estimate of drug-likeness (QED) is 0.797. The number of hydrogen-bond donors (Lipinski definition) is 1. The number of carbonyl (C=O) groups excluding carboxylic acids is 1. The minimum Gasteiger partial charge on any atom is -0.352 e. The van der Waals surface area contributed by atoms with E-state index < -0.39 is 0 Å². The van der Waals surface area contributed by atoms with Gasteiger partial charge in [0.25, 0.3) is 0 Å². The summed E-state index contributed by atoms with van der Waals surface area (Å²) in [6, 6.07) is 0.439. The van der Waals surface area contributed by atoms with Crippen molar-refractivity contribution in [1.29, 1.82) is 0 Å². The fourth-order valence-corrected chi connectivity index (χ4v) is 3.82. The van der Waals surface area contributed by atoms with Gasteiger partial charge in [-0.05, 0) is 31.1 Å². The Kier molecular flexibility index (Phi) is 5.68. The second-order valence-corrected chi connectivity index (χ2v) is 6.90. The van der Waals surface area contributed by atoms with Crippen molar-refractivity contribution >= 4 is 5.91 Å². The molecule has 1 saturated heterocycles. The monoisotopic (exact) mass is 266 g/mol. The zero-order valence-electron chi connectivity index (χ0n) is 12.7. The van der Waals surface area contributed by atoms with Crippen LogP contribution in [0.1, 0.15) is 58.8 Å². The third-order valence-electron chi connectivity index (χ3n) is 4.53. The summed E-state index contributed by atoms with van der Waals surface area (Å²) in [5.41, 5.74) is 0. The standard InChI is InChI=1S/C16H30N2O/c1-13-9-14(2)11-18(10-13)12-16(19)17-15-7-5-3-4-6-8-15/h13-15H,3-12H2,1-2H3,(H,17,19). The molecular formula is C16H30N2O. The Balaban J connectivity index is 1.73. The summed E-state index contributed by atoms with van der Waals surface area (Å²) in [4.78, 5) is 14.5. The van der Waals surface area contributed by atoms with Gasteiger partial charge < -0.3 is 5.32 Å². The van der Waals surface area contributed by atoms with E-state index >= 15 is 0 Å². The molecule has 110 valence electrons. The lowest BCUT2D eigenvalue weighted by Gasteiger charge is -2.34. The lowest BCUT2D eigenvalue weighted by molar-refractivity contribution is -0.123. The molecule has 1 aliphatic heterocycles. The number of hydrogen-bond acceptors (Lipinski definition) is 2. The Bertz CT molecular complexity index is 274. The van der Waals surface area contributed by atoms with Crippen LogP contribution in [0.2, 0.25) is 0 Å². The maximum Gasteiger partial charge on any atom is 0.234 e. The fourth-order valence-electron chi connectivity index (χ4n) is 3.82. The molecule has 0 aromatic rings. The molecule has 19 heavy (non-hydrogen) atoms. The zero-order chi connectivity index (χ0) is 13.7. The molecular weight excluding hydrogens is 236 g/mol. The number of rotatable bonds is 3. The first-order valence-electron chi connectivity index (χ1n) is 8.15. The zero-order valence-corrected chi connectivity index (χ0v) is 12.7. The Morgan fingerprint density at radius 1 is 1.05 bits per heavy atom. The molecule has 1 amide bonds. The molecule has 1 N–H and O–H groups in total. The van der Waals surface area contributed by atoms with E-state index in [1.54, 1.807) is 0 Å². The molecule has 0 spiro atoms. The first-order chi connectivity index (χ1) is 9.13. The van der Waals surface area contributed by atoms with Gasteiger partial charge in [0.2, 0.25) is 5.91 Å². The lowest BCUT2D eigenvalue weighted by atomic mass is 9.92. The Hall–Kier alpha value is -0.570. The van der Waals surface area contributed by atoms with Crippen LogP contribution >= 0.6 is 0 Å². The van der Waals surface area contributed by atoms with Gasteiger partial charge in [-0.1, -0.05) is 39.5 Å². The van der Waals surface area contributed by atoms with Crippen LogP contribution in [0, 0.1) is 11.8 Å². The summed E-state index contributed by atoms with van der Waals surface area (Å²) >= 11 is 0. The van der Waals surface area contributed by atoms with Crippen molar-refractivity contribution < 1.29 is 4.79 Å². The molecule has 0 radical (unpaired) electrons. The summed E-state index contributed by atoms with van der Waals surface area (Å²) < 4.78 is 0. The SMILES string of the molecule is CC1CC(C)CN(CC(=O)NC2CCCCCC2)C1. The number of carbonyl (C=O) groups is 1. The average Bonchev–Trinajstić information content (AvgIpc) is 2.55. The molecule has 2 unspecified atom stereocenters. The van der Waals surface area contributed by atoms with E-state index in [1.165, 1.54) is 44.9 Å². The van der Waals surface area contributed by atoms with Gasteiger partial charge in [0, 0.05) is 19.1 Å². The minimum atomic E-state index is 0.244. The topological polar surface area (TPSA) is 32.3 Å². The third kappa shape index (κ3) is 5.13.